The Morgan fingerprint density at radius 1 is 1.50 bits per heavy atom. The number of carbonyl (C=O) groups excluding carboxylic acids is 1. The minimum absolute atomic E-state index is 0.413. The van der Waals surface area contributed by atoms with Gasteiger partial charge < -0.3 is 10.8 Å². The van der Waals surface area contributed by atoms with Gasteiger partial charge in [-0.1, -0.05) is 17.7 Å². The van der Waals surface area contributed by atoms with Gasteiger partial charge in [-0.2, -0.15) is 11.8 Å². The maximum atomic E-state index is 12.3. The number of hydrogen-bond acceptors (Lipinski definition) is 4. The van der Waals surface area contributed by atoms with Crippen molar-refractivity contribution in [3.05, 3.63) is 29.3 Å². The molecule has 0 unspecified atom stereocenters. The molecular weight excluding hydrogens is 300 g/mol. The van der Waals surface area contributed by atoms with Crippen molar-refractivity contribution in [1.29, 1.82) is 0 Å². The van der Waals surface area contributed by atoms with Crippen molar-refractivity contribution in [1.82, 2.24) is 0 Å². The zero-order valence-corrected chi connectivity index (χ0v) is 12.7. The Kier molecular flexibility index (Phi) is 6.84. The minimum Gasteiger partial charge on any atom is -0.480 e. The standard InChI is InChI=1S/C13H17ClN2O3S/c1-20-6-5-11(15)13(19)16(8-12(17)18)10-4-2-3-9(14)7-10/h2-4,7,11H,5-6,8,15H2,1H3,(H,17,18)/t11-/m1/s1. The van der Waals surface area contributed by atoms with Gasteiger partial charge in [0.25, 0.3) is 0 Å². The molecule has 0 aliphatic heterocycles. The highest BCUT2D eigenvalue weighted by Gasteiger charge is 2.24. The largest absolute Gasteiger partial charge is 0.480 e. The van der Waals surface area contributed by atoms with Gasteiger partial charge in [0.15, 0.2) is 0 Å². The zero-order chi connectivity index (χ0) is 15.1. The fourth-order valence-electron chi connectivity index (χ4n) is 1.64. The molecule has 0 spiro atoms. The van der Waals surface area contributed by atoms with E-state index in [-0.39, 0.29) is 0 Å². The van der Waals surface area contributed by atoms with Crippen LogP contribution in [0.3, 0.4) is 0 Å². The van der Waals surface area contributed by atoms with E-state index in [2.05, 4.69) is 0 Å². The summed E-state index contributed by atoms with van der Waals surface area (Å²) in [5.74, 6) is -0.775. The summed E-state index contributed by atoms with van der Waals surface area (Å²) in [5.41, 5.74) is 6.26. The lowest BCUT2D eigenvalue weighted by molar-refractivity contribution is -0.136. The summed E-state index contributed by atoms with van der Waals surface area (Å²) in [6, 6.07) is 5.77. The molecule has 0 saturated carbocycles. The van der Waals surface area contributed by atoms with Gasteiger partial charge in [0, 0.05) is 10.7 Å². The second-order valence-corrected chi connectivity index (χ2v) is 5.61. The molecule has 5 nitrogen and oxygen atoms in total. The van der Waals surface area contributed by atoms with Crippen molar-refractivity contribution in [2.75, 3.05) is 23.5 Å². The number of carboxylic acids is 1. The van der Waals surface area contributed by atoms with Crippen molar-refractivity contribution in [3.63, 3.8) is 0 Å². The smallest absolute Gasteiger partial charge is 0.323 e. The van der Waals surface area contributed by atoms with Crippen LogP contribution in [0.5, 0.6) is 0 Å². The fourth-order valence-corrected chi connectivity index (χ4v) is 2.32. The van der Waals surface area contributed by atoms with Crippen LogP contribution in [0.25, 0.3) is 0 Å². The Morgan fingerprint density at radius 3 is 2.75 bits per heavy atom. The summed E-state index contributed by atoms with van der Waals surface area (Å²) in [6.07, 6.45) is 2.42. The predicted molar refractivity (Wildman–Crippen MR) is 82.4 cm³/mol. The van der Waals surface area contributed by atoms with Crippen molar-refractivity contribution in [2.24, 2.45) is 5.73 Å². The number of nitrogens with two attached hydrogens (primary N) is 1. The lowest BCUT2D eigenvalue weighted by Crippen LogP contribution is -2.46. The van der Waals surface area contributed by atoms with Crippen LogP contribution in [0.2, 0.25) is 5.02 Å². The van der Waals surface area contributed by atoms with Gasteiger partial charge in [-0.05, 0) is 36.6 Å². The molecule has 110 valence electrons. The summed E-state index contributed by atoms with van der Waals surface area (Å²) in [7, 11) is 0. The summed E-state index contributed by atoms with van der Waals surface area (Å²) in [5, 5.41) is 9.38. The second kappa shape index (κ2) is 8.14. The predicted octanol–water partition coefficient (Wildman–Crippen LogP) is 1.84. The number of aliphatic carboxylic acids is 1. The van der Waals surface area contributed by atoms with E-state index in [0.717, 1.165) is 10.7 Å². The number of nitrogens with zero attached hydrogens (tertiary/aromatic N) is 1. The van der Waals surface area contributed by atoms with Crippen molar-refractivity contribution >= 4 is 40.9 Å². The molecule has 0 aliphatic rings. The lowest BCUT2D eigenvalue weighted by atomic mass is 10.2. The van der Waals surface area contributed by atoms with Crippen LogP contribution in [0.4, 0.5) is 5.69 Å². The monoisotopic (exact) mass is 316 g/mol. The number of halogens is 1. The summed E-state index contributed by atoms with van der Waals surface area (Å²) < 4.78 is 0. The first-order valence-corrected chi connectivity index (χ1v) is 7.76. The fraction of sp³-hybridized carbons (Fsp3) is 0.385. The highest BCUT2D eigenvalue weighted by molar-refractivity contribution is 7.98. The molecule has 20 heavy (non-hydrogen) atoms. The molecule has 0 aliphatic carbocycles. The molecule has 0 radical (unpaired) electrons. The van der Waals surface area contributed by atoms with E-state index in [1.54, 1.807) is 36.0 Å². The first-order valence-electron chi connectivity index (χ1n) is 5.99. The third-order valence-electron chi connectivity index (χ3n) is 2.63. The third kappa shape index (κ3) is 5.03. The number of anilines is 1. The first kappa shape index (κ1) is 16.8. The quantitative estimate of drug-likeness (QED) is 0.802. The number of benzene rings is 1. The highest BCUT2D eigenvalue weighted by atomic mass is 35.5. The average molecular weight is 317 g/mol. The molecule has 0 saturated heterocycles. The number of carbonyl (C=O) groups is 2. The van der Waals surface area contributed by atoms with Gasteiger partial charge >= 0.3 is 5.97 Å². The van der Waals surface area contributed by atoms with Gasteiger partial charge in [-0.15, -0.1) is 0 Å². The van der Waals surface area contributed by atoms with E-state index in [0.29, 0.717) is 17.1 Å². The van der Waals surface area contributed by atoms with Crippen LogP contribution in [-0.4, -0.2) is 41.6 Å². The first-order chi connectivity index (χ1) is 9.45. The SMILES string of the molecule is CSCC[C@@H](N)C(=O)N(CC(=O)O)c1cccc(Cl)c1. The molecule has 0 heterocycles. The molecule has 1 atom stereocenters. The molecule has 1 rings (SSSR count). The summed E-state index contributed by atoms with van der Waals surface area (Å²) >= 11 is 7.46. The molecule has 0 fully saturated rings. The Bertz CT molecular complexity index is 484. The number of amides is 1. The van der Waals surface area contributed by atoms with E-state index in [1.807, 2.05) is 6.26 Å². The summed E-state index contributed by atoms with van der Waals surface area (Å²) in [4.78, 5) is 24.4. The lowest BCUT2D eigenvalue weighted by Gasteiger charge is -2.24. The number of carboxylic acid groups (broad SMARTS) is 1. The third-order valence-corrected chi connectivity index (χ3v) is 3.51. The Labute approximate surface area is 127 Å². The molecule has 7 heteroatoms. The van der Waals surface area contributed by atoms with Gasteiger partial charge in [-0.25, -0.2) is 0 Å². The molecule has 1 aromatic rings. The normalized spacial score (nSPS) is 11.9. The van der Waals surface area contributed by atoms with Gasteiger partial charge in [0.05, 0.1) is 6.04 Å². The Hall–Kier alpha value is -1.24. The number of rotatable bonds is 7. The molecule has 1 aromatic carbocycles. The number of hydrogen-bond donors (Lipinski definition) is 2. The average Bonchev–Trinajstić information content (AvgIpc) is 2.41. The van der Waals surface area contributed by atoms with Gasteiger partial charge in [-0.3, -0.25) is 14.5 Å². The highest BCUT2D eigenvalue weighted by Crippen LogP contribution is 2.20. The second-order valence-electron chi connectivity index (χ2n) is 4.19. The van der Waals surface area contributed by atoms with E-state index < -0.39 is 24.5 Å². The van der Waals surface area contributed by atoms with Crippen molar-refractivity contribution < 1.29 is 14.7 Å². The van der Waals surface area contributed by atoms with Crippen LogP contribution in [0.15, 0.2) is 24.3 Å². The van der Waals surface area contributed by atoms with Crippen LogP contribution in [0, 0.1) is 0 Å². The van der Waals surface area contributed by atoms with E-state index in [9.17, 15) is 9.59 Å². The minimum atomic E-state index is -1.10. The van der Waals surface area contributed by atoms with E-state index >= 15 is 0 Å². The zero-order valence-electron chi connectivity index (χ0n) is 11.1. The van der Waals surface area contributed by atoms with Crippen LogP contribution in [0.1, 0.15) is 6.42 Å². The molecular formula is C13H17ClN2O3S. The van der Waals surface area contributed by atoms with Crippen molar-refractivity contribution in [3.8, 4) is 0 Å². The number of thioether (sulfide) groups is 1. The topological polar surface area (TPSA) is 83.6 Å². The van der Waals surface area contributed by atoms with Gasteiger partial charge in [0.2, 0.25) is 5.91 Å². The molecule has 1 amide bonds. The van der Waals surface area contributed by atoms with E-state index in [1.165, 1.54) is 0 Å². The van der Waals surface area contributed by atoms with Gasteiger partial charge in [0.1, 0.15) is 6.54 Å². The maximum absolute atomic E-state index is 12.3. The van der Waals surface area contributed by atoms with Crippen LogP contribution >= 0.6 is 23.4 Å². The summed E-state index contributed by atoms with van der Waals surface area (Å²) in [6.45, 7) is -0.438. The van der Waals surface area contributed by atoms with Crippen LogP contribution < -0.4 is 10.6 Å². The Balaban J connectivity index is 2.94. The van der Waals surface area contributed by atoms with E-state index in [4.69, 9.17) is 22.4 Å². The molecule has 0 bridgehead atoms. The van der Waals surface area contributed by atoms with Crippen LogP contribution in [-0.2, 0) is 9.59 Å². The maximum Gasteiger partial charge on any atom is 0.323 e. The Morgan fingerprint density at radius 2 is 2.20 bits per heavy atom. The molecule has 3 N–H and O–H groups in total. The van der Waals surface area contributed by atoms with Crippen molar-refractivity contribution in [2.45, 2.75) is 12.5 Å². The molecule has 0 aromatic heterocycles.